The van der Waals surface area contributed by atoms with Crippen LogP contribution in [-0.4, -0.2) is 36.5 Å². The first-order valence-corrected chi connectivity index (χ1v) is 8.69. The maximum Gasteiger partial charge on any atom is 0.338 e. The van der Waals surface area contributed by atoms with Crippen molar-refractivity contribution in [1.29, 1.82) is 0 Å². The van der Waals surface area contributed by atoms with Crippen molar-refractivity contribution in [2.75, 3.05) is 5.32 Å². The van der Waals surface area contributed by atoms with Crippen LogP contribution in [0, 0.1) is 5.82 Å². The van der Waals surface area contributed by atoms with Crippen molar-refractivity contribution in [1.82, 2.24) is 19.6 Å². The Hall–Kier alpha value is -3.01. The highest BCUT2D eigenvalue weighted by Crippen LogP contribution is 2.22. The van der Waals surface area contributed by atoms with E-state index in [1.54, 1.807) is 31.3 Å². The predicted molar refractivity (Wildman–Crippen MR) is 98.0 cm³/mol. The number of hydrogen-bond donors (Lipinski definition) is 2. The molecule has 2 aromatic heterocycles. The lowest BCUT2D eigenvalue weighted by atomic mass is 10.2. The molecular weight excluding hydrogens is 421 g/mol. The second-order valence-corrected chi connectivity index (χ2v) is 6.65. The number of nitrogens with zero attached hydrogens (tertiary/aromatic N) is 4. The van der Waals surface area contributed by atoms with E-state index in [1.807, 2.05) is 0 Å². The molecule has 1 aromatic carbocycles. The molecule has 3 aromatic rings. The summed E-state index contributed by atoms with van der Waals surface area (Å²) in [5, 5.41) is 19.7. The third-order valence-electron chi connectivity index (χ3n) is 3.87. The first kappa shape index (κ1) is 18.8. The summed E-state index contributed by atoms with van der Waals surface area (Å²) in [5.41, 5.74) is 0.460. The van der Waals surface area contributed by atoms with Crippen molar-refractivity contribution < 1.29 is 19.1 Å². The Morgan fingerprint density at radius 2 is 2.07 bits per heavy atom. The number of carbonyl (C=O) groups is 2. The highest BCUT2D eigenvalue weighted by atomic mass is 79.9. The molecule has 140 valence electrons. The summed E-state index contributed by atoms with van der Waals surface area (Å²) in [4.78, 5) is 23.3. The molecule has 0 aliphatic heterocycles. The third kappa shape index (κ3) is 4.22. The Morgan fingerprint density at radius 1 is 1.33 bits per heavy atom. The molecule has 2 N–H and O–H groups in total. The lowest BCUT2D eigenvalue weighted by Gasteiger charge is -2.11. The van der Waals surface area contributed by atoms with Crippen molar-refractivity contribution in [3.63, 3.8) is 0 Å². The number of nitrogens with one attached hydrogen (secondary N) is 1. The minimum absolute atomic E-state index is 0.00926. The van der Waals surface area contributed by atoms with Gasteiger partial charge in [-0.1, -0.05) is 18.2 Å². The van der Waals surface area contributed by atoms with Crippen LogP contribution in [0.5, 0.6) is 0 Å². The maximum absolute atomic E-state index is 13.8. The van der Waals surface area contributed by atoms with Crippen LogP contribution in [-0.2, 0) is 11.3 Å². The zero-order chi connectivity index (χ0) is 19.6. The highest BCUT2D eigenvalue weighted by molar-refractivity contribution is 9.10. The molecule has 2 heterocycles. The Labute approximate surface area is 161 Å². The van der Waals surface area contributed by atoms with Gasteiger partial charge in [0.2, 0.25) is 5.91 Å². The molecule has 1 atom stereocenters. The van der Waals surface area contributed by atoms with Gasteiger partial charge < -0.3 is 10.4 Å². The number of rotatable bonds is 6. The van der Waals surface area contributed by atoms with E-state index in [2.05, 4.69) is 31.4 Å². The SMILES string of the molecule is CC(C(=O)Nc1nn(Cc2ccccc2F)cc1Br)n1cc(C(=O)O)cn1. The summed E-state index contributed by atoms with van der Waals surface area (Å²) in [6.07, 6.45) is 4.08. The Balaban J connectivity index is 1.71. The fourth-order valence-electron chi connectivity index (χ4n) is 2.37. The van der Waals surface area contributed by atoms with Crippen LogP contribution in [0.25, 0.3) is 0 Å². The van der Waals surface area contributed by atoms with Gasteiger partial charge in [-0.2, -0.15) is 10.2 Å². The second kappa shape index (κ2) is 7.70. The molecule has 0 radical (unpaired) electrons. The lowest BCUT2D eigenvalue weighted by molar-refractivity contribution is -0.119. The van der Waals surface area contributed by atoms with Gasteiger partial charge in [0.1, 0.15) is 11.9 Å². The topological polar surface area (TPSA) is 102 Å². The van der Waals surface area contributed by atoms with Gasteiger partial charge in [-0.25, -0.2) is 9.18 Å². The molecule has 27 heavy (non-hydrogen) atoms. The molecule has 1 unspecified atom stereocenters. The summed E-state index contributed by atoms with van der Waals surface area (Å²) in [7, 11) is 0. The lowest BCUT2D eigenvalue weighted by Crippen LogP contribution is -2.24. The first-order valence-electron chi connectivity index (χ1n) is 7.90. The van der Waals surface area contributed by atoms with Crippen LogP contribution in [0.15, 0.2) is 47.3 Å². The average Bonchev–Trinajstić information content (AvgIpc) is 3.24. The van der Waals surface area contributed by atoms with Crippen molar-refractivity contribution >= 4 is 33.6 Å². The van der Waals surface area contributed by atoms with E-state index in [0.29, 0.717) is 10.0 Å². The molecule has 0 fully saturated rings. The van der Waals surface area contributed by atoms with E-state index < -0.39 is 17.9 Å². The molecule has 10 heteroatoms. The molecule has 1 amide bonds. The van der Waals surface area contributed by atoms with E-state index in [0.717, 1.165) is 0 Å². The van der Waals surface area contributed by atoms with Crippen LogP contribution < -0.4 is 5.32 Å². The van der Waals surface area contributed by atoms with Gasteiger partial charge >= 0.3 is 5.97 Å². The highest BCUT2D eigenvalue weighted by Gasteiger charge is 2.20. The molecule has 3 rings (SSSR count). The standard InChI is InChI=1S/C17H15BrFN5O3/c1-10(24-8-12(6-20-24)17(26)27)16(25)21-15-13(18)9-23(22-15)7-11-4-2-3-5-14(11)19/h2-6,8-10H,7H2,1H3,(H,26,27)(H,21,22,25). The zero-order valence-corrected chi connectivity index (χ0v) is 15.7. The van der Waals surface area contributed by atoms with Gasteiger partial charge in [-0.05, 0) is 28.9 Å². The molecule has 0 saturated carbocycles. The maximum atomic E-state index is 13.8. The third-order valence-corrected chi connectivity index (χ3v) is 4.45. The van der Waals surface area contributed by atoms with E-state index in [-0.39, 0.29) is 23.7 Å². The van der Waals surface area contributed by atoms with E-state index >= 15 is 0 Å². The summed E-state index contributed by atoms with van der Waals surface area (Å²) in [5.74, 6) is -1.61. The van der Waals surface area contributed by atoms with Crippen LogP contribution in [0.3, 0.4) is 0 Å². The fourth-order valence-corrected chi connectivity index (χ4v) is 2.78. The number of anilines is 1. The van der Waals surface area contributed by atoms with Gasteiger partial charge in [-0.3, -0.25) is 14.2 Å². The number of carboxylic acids is 1. The summed E-state index contributed by atoms with van der Waals surface area (Å²) in [6.45, 7) is 1.79. The molecule has 0 aliphatic carbocycles. The average molecular weight is 436 g/mol. The number of hydrogen-bond acceptors (Lipinski definition) is 4. The Kier molecular flexibility index (Phi) is 5.36. The van der Waals surface area contributed by atoms with Crippen LogP contribution in [0.1, 0.15) is 28.9 Å². The van der Waals surface area contributed by atoms with Crippen molar-refractivity contribution in [3.8, 4) is 0 Å². The molecule has 0 spiro atoms. The van der Waals surface area contributed by atoms with Gasteiger partial charge in [0.15, 0.2) is 5.82 Å². The number of carboxylic acid groups (broad SMARTS) is 1. The number of carbonyl (C=O) groups excluding carboxylic acids is 1. The molecule has 8 nitrogen and oxygen atoms in total. The summed E-state index contributed by atoms with van der Waals surface area (Å²) in [6, 6.07) is 5.62. The number of aromatic nitrogens is 4. The fraction of sp³-hybridized carbons (Fsp3) is 0.176. The number of halogens is 2. The van der Waals surface area contributed by atoms with Gasteiger partial charge in [0, 0.05) is 18.0 Å². The van der Waals surface area contributed by atoms with Gasteiger partial charge in [0.25, 0.3) is 0 Å². The molecular formula is C17H15BrFN5O3. The summed E-state index contributed by atoms with van der Waals surface area (Å²) < 4.78 is 17.1. The Bertz CT molecular complexity index is 1000. The monoisotopic (exact) mass is 435 g/mol. The van der Waals surface area contributed by atoms with Crippen molar-refractivity contribution in [3.05, 3.63) is 64.3 Å². The number of benzene rings is 1. The largest absolute Gasteiger partial charge is 0.478 e. The quantitative estimate of drug-likeness (QED) is 0.619. The first-order chi connectivity index (χ1) is 12.8. The van der Waals surface area contributed by atoms with Crippen molar-refractivity contribution in [2.45, 2.75) is 19.5 Å². The minimum atomic E-state index is -1.12. The predicted octanol–water partition coefficient (Wildman–Crippen LogP) is 2.93. The summed E-state index contributed by atoms with van der Waals surface area (Å²) >= 11 is 3.31. The smallest absolute Gasteiger partial charge is 0.338 e. The minimum Gasteiger partial charge on any atom is -0.478 e. The second-order valence-electron chi connectivity index (χ2n) is 5.79. The van der Waals surface area contributed by atoms with Crippen LogP contribution >= 0.6 is 15.9 Å². The van der Waals surface area contributed by atoms with Crippen molar-refractivity contribution in [2.24, 2.45) is 0 Å². The normalized spacial score (nSPS) is 12.0. The van der Waals surface area contributed by atoms with Crippen LogP contribution in [0.2, 0.25) is 0 Å². The van der Waals surface area contributed by atoms with E-state index in [4.69, 9.17) is 5.11 Å². The molecule has 0 saturated heterocycles. The van der Waals surface area contributed by atoms with Gasteiger partial charge in [0.05, 0.1) is 22.8 Å². The van der Waals surface area contributed by atoms with E-state index in [9.17, 15) is 14.0 Å². The number of aromatic carboxylic acids is 1. The zero-order valence-electron chi connectivity index (χ0n) is 14.1. The number of amides is 1. The van der Waals surface area contributed by atoms with Crippen LogP contribution in [0.4, 0.5) is 10.2 Å². The van der Waals surface area contributed by atoms with E-state index in [1.165, 1.54) is 27.8 Å². The molecule has 0 aliphatic rings. The van der Waals surface area contributed by atoms with Gasteiger partial charge in [-0.15, -0.1) is 0 Å². The Morgan fingerprint density at radius 3 is 2.74 bits per heavy atom. The molecule has 0 bridgehead atoms.